The van der Waals surface area contributed by atoms with Crippen molar-refractivity contribution in [2.45, 2.75) is 12.8 Å². The van der Waals surface area contributed by atoms with E-state index < -0.39 is 5.97 Å². The van der Waals surface area contributed by atoms with Crippen LogP contribution >= 0.6 is 0 Å². The van der Waals surface area contributed by atoms with E-state index in [1.807, 2.05) is 18.2 Å². The van der Waals surface area contributed by atoms with Gasteiger partial charge in [0.05, 0.1) is 24.4 Å². The highest BCUT2D eigenvalue weighted by atomic mass is 16.5. The molecule has 0 radical (unpaired) electrons. The lowest BCUT2D eigenvalue weighted by atomic mass is 10.1. The number of carboxylic acid groups (broad SMARTS) is 1. The van der Waals surface area contributed by atoms with Crippen LogP contribution in [-0.2, 0) is 18.3 Å². The molecule has 6 heteroatoms. The second-order valence-corrected chi connectivity index (χ2v) is 5.33. The zero-order valence-corrected chi connectivity index (χ0v) is 12.9. The van der Waals surface area contributed by atoms with Crippen LogP contribution in [0.15, 0.2) is 35.1 Å². The van der Waals surface area contributed by atoms with Gasteiger partial charge in [-0.3, -0.25) is 14.2 Å². The van der Waals surface area contributed by atoms with E-state index in [0.29, 0.717) is 16.7 Å². The van der Waals surface area contributed by atoms with Crippen molar-refractivity contribution < 1.29 is 14.6 Å². The summed E-state index contributed by atoms with van der Waals surface area (Å²) in [5, 5.41) is 11.0. The minimum absolute atomic E-state index is 0.0590. The van der Waals surface area contributed by atoms with Gasteiger partial charge in [0.25, 0.3) is 5.56 Å². The third kappa shape index (κ3) is 2.63. The van der Waals surface area contributed by atoms with E-state index in [1.165, 1.54) is 4.57 Å². The third-order valence-corrected chi connectivity index (χ3v) is 3.92. The number of benzene rings is 2. The first-order valence-corrected chi connectivity index (χ1v) is 7.19. The van der Waals surface area contributed by atoms with Crippen LogP contribution in [0, 0.1) is 0 Å². The van der Waals surface area contributed by atoms with Crippen LogP contribution in [0.4, 0.5) is 0 Å². The molecule has 1 heterocycles. The van der Waals surface area contributed by atoms with Crippen LogP contribution < -0.4 is 10.3 Å². The van der Waals surface area contributed by atoms with Crippen molar-refractivity contribution >= 4 is 27.6 Å². The molecule has 6 nitrogen and oxygen atoms in total. The van der Waals surface area contributed by atoms with Crippen LogP contribution in [0.2, 0.25) is 0 Å². The molecule has 0 spiro atoms. The van der Waals surface area contributed by atoms with Crippen LogP contribution in [-0.4, -0.2) is 27.7 Å². The number of carbonyl (C=O) groups is 1. The lowest BCUT2D eigenvalue weighted by Crippen LogP contribution is -2.23. The van der Waals surface area contributed by atoms with Gasteiger partial charge in [-0.25, -0.2) is 4.98 Å². The predicted octanol–water partition coefficient (Wildman–Crippen LogP) is 2.11. The molecule has 0 unspecified atom stereocenters. The van der Waals surface area contributed by atoms with E-state index in [4.69, 9.17) is 9.84 Å². The van der Waals surface area contributed by atoms with E-state index in [-0.39, 0.29) is 18.4 Å². The number of ether oxygens (including phenoxy) is 1. The molecule has 3 aromatic rings. The van der Waals surface area contributed by atoms with E-state index in [1.54, 1.807) is 26.3 Å². The summed E-state index contributed by atoms with van der Waals surface area (Å²) in [6.07, 6.45) is 0.161. The number of aryl methyl sites for hydroxylation is 1. The van der Waals surface area contributed by atoms with Gasteiger partial charge in [0.15, 0.2) is 0 Å². The van der Waals surface area contributed by atoms with Crippen molar-refractivity contribution in [3.63, 3.8) is 0 Å². The molecule has 0 aliphatic heterocycles. The van der Waals surface area contributed by atoms with Crippen molar-refractivity contribution in [1.82, 2.24) is 9.55 Å². The Morgan fingerprint density at radius 1 is 1.30 bits per heavy atom. The van der Waals surface area contributed by atoms with Gasteiger partial charge in [-0.15, -0.1) is 0 Å². The molecule has 0 saturated heterocycles. The topological polar surface area (TPSA) is 81.4 Å². The number of aliphatic carboxylic acids is 1. The monoisotopic (exact) mass is 312 g/mol. The summed E-state index contributed by atoms with van der Waals surface area (Å²) in [5.74, 6) is 0.280. The quantitative estimate of drug-likeness (QED) is 0.746. The normalized spacial score (nSPS) is 11.0. The number of methoxy groups -OCH3 is 1. The molecule has 0 amide bonds. The molecule has 0 aliphatic carbocycles. The molecule has 0 bridgehead atoms. The summed E-state index contributed by atoms with van der Waals surface area (Å²) in [5.41, 5.74) is 0.400. The Bertz CT molecular complexity index is 976. The molecule has 118 valence electrons. The number of hydrogen-bond acceptors (Lipinski definition) is 4. The van der Waals surface area contributed by atoms with Crippen molar-refractivity contribution in [1.29, 1.82) is 0 Å². The number of fused-ring (bicyclic) bond motifs is 3. The molecular formula is C17H16N2O4. The van der Waals surface area contributed by atoms with Crippen molar-refractivity contribution in [3.8, 4) is 5.75 Å². The predicted molar refractivity (Wildman–Crippen MR) is 87.0 cm³/mol. The number of carboxylic acids is 1. The molecular weight excluding hydrogens is 296 g/mol. The van der Waals surface area contributed by atoms with E-state index in [9.17, 15) is 9.59 Å². The standard InChI is InChI=1S/C17H16N2O4/c1-19-14(7-8-15(20)21)18-13-6-3-10-9-11(23-2)4-5-12(10)16(13)17(19)22/h3-6,9H,7-8H2,1-2H3,(H,20,21). The van der Waals surface area contributed by atoms with Gasteiger partial charge in [0, 0.05) is 13.5 Å². The molecule has 3 rings (SSSR count). The van der Waals surface area contributed by atoms with Crippen LogP contribution in [0.1, 0.15) is 12.2 Å². The summed E-state index contributed by atoms with van der Waals surface area (Å²) in [6, 6.07) is 9.18. The highest BCUT2D eigenvalue weighted by molar-refractivity contribution is 6.06. The van der Waals surface area contributed by atoms with Gasteiger partial charge in [0.2, 0.25) is 0 Å². The van der Waals surface area contributed by atoms with Gasteiger partial charge in [-0.1, -0.05) is 6.07 Å². The van der Waals surface area contributed by atoms with E-state index in [2.05, 4.69) is 4.98 Å². The molecule has 0 saturated carbocycles. The zero-order valence-electron chi connectivity index (χ0n) is 12.9. The number of aromatic nitrogens is 2. The minimum Gasteiger partial charge on any atom is -0.497 e. The van der Waals surface area contributed by atoms with Crippen LogP contribution in [0.25, 0.3) is 21.7 Å². The van der Waals surface area contributed by atoms with Crippen LogP contribution in [0.3, 0.4) is 0 Å². The minimum atomic E-state index is -0.912. The van der Waals surface area contributed by atoms with Crippen molar-refractivity contribution in [2.75, 3.05) is 7.11 Å². The molecule has 1 N–H and O–H groups in total. The first-order valence-electron chi connectivity index (χ1n) is 7.19. The third-order valence-electron chi connectivity index (χ3n) is 3.92. The molecule has 0 atom stereocenters. The summed E-state index contributed by atoms with van der Waals surface area (Å²) in [7, 11) is 3.21. The van der Waals surface area contributed by atoms with Gasteiger partial charge < -0.3 is 9.84 Å². The summed E-state index contributed by atoms with van der Waals surface area (Å²) >= 11 is 0. The second kappa shape index (κ2) is 5.72. The van der Waals surface area contributed by atoms with Gasteiger partial charge in [0.1, 0.15) is 11.6 Å². The van der Waals surface area contributed by atoms with E-state index in [0.717, 1.165) is 16.5 Å². The molecule has 0 fully saturated rings. The Morgan fingerprint density at radius 2 is 2.09 bits per heavy atom. The smallest absolute Gasteiger partial charge is 0.303 e. The summed E-state index contributed by atoms with van der Waals surface area (Å²) in [6.45, 7) is 0. The highest BCUT2D eigenvalue weighted by Crippen LogP contribution is 2.25. The molecule has 2 aromatic carbocycles. The largest absolute Gasteiger partial charge is 0.497 e. The second-order valence-electron chi connectivity index (χ2n) is 5.33. The summed E-state index contributed by atoms with van der Waals surface area (Å²) < 4.78 is 6.63. The Hall–Kier alpha value is -2.89. The maximum absolute atomic E-state index is 12.7. The Balaban J connectivity index is 2.25. The maximum Gasteiger partial charge on any atom is 0.303 e. The SMILES string of the molecule is COc1ccc2c(ccc3nc(CCC(=O)O)n(C)c(=O)c32)c1. The average molecular weight is 312 g/mol. The fourth-order valence-corrected chi connectivity index (χ4v) is 2.68. The Kier molecular flexibility index (Phi) is 3.73. The van der Waals surface area contributed by atoms with Crippen LogP contribution in [0.5, 0.6) is 5.75 Å². The maximum atomic E-state index is 12.7. The number of rotatable bonds is 4. The Morgan fingerprint density at radius 3 is 2.78 bits per heavy atom. The van der Waals surface area contributed by atoms with Gasteiger partial charge in [-0.2, -0.15) is 0 Å². The Labute approximate surface area is 131 Å². The molecule has 23 heavy (non-hydrogen) atoms. The molecule has 1 aromatic heterocycles. The molecule has 0 aliphatic rings. The fourth-order valence-electron chi connectivity index (χ4n) is 2.68. The lowest BCUT2D eigenvalue weighted by molar-refractivity contribution is -0.137. The fraction of sp³-hybridized carbons (Fsp3) is 0.235. The van der Waals surface area contributed by atoms with E-state index >= 15 is 0 Å². The number of hydrogen-bond donors (Lipinski definition) is 1. The lowest BCUT2D eigenvalue weighted by Gasteiger charge is -2.10. The summed E-state index contributed by atoms with van der Waals surface area (Å²) in [4.78, 5) is 27.9. The first kappa shape index (κ1) is 15.0. The zero-order chi connectivity index (χ0) is 16.6. The average Bonchev–Trinajstić information content (AvgIpc) is 2.55. The van der Waals surface area contributed by atoms with Gasteiger partial charge in [-0.05, 0) is 35.0 Å². The number of nitrogens with zero attached hydrogens (tertiary/aromatic N) is 2. The highest BCUT2D eigenvalue weighted by Gasteiger charge is 2.12. The van der Waals surface area contributed by atoms with Gasteiger partial charge >= 0.3 is 5.97 Å². The van der Waals surface area contributed by atoms with Crippen molar-refractivity contribution in [3.05, 3.63) is 46.5 Å². The van der Waals surface area contributed by atoms with Crippen molar-refractivity contribution in [2.24, 2.45) is 7.05 Å². The first-order chi connectivity index (χ1) is 11.0.